The summed E-state index contributed by atoms with van der Waals surface area (Å²) in [5, 5.41) is 7.56. The zero-order valence-electron chi connectivity index (χ0n) is 11.2. The van der Waals surface area contributed by atoms with Crippen molar-refractivity contribution >= 4 is 6.29 Å². The Morgan fingerprint density at radius 2 is 1.90 bits per heavy atom. The lowest BCUT2D eigenvalue weighted by atomic mass is 10.0. The maximum Gasteiger partial charge on any atom is 0.416 e. The highest BCUT2D eigenvalue weighted by Gasteiger charge is 2.31. The van der Waals surface area contributed by atoms with E-state index in [0.717, 1.165) is 12.1 Å². The first-order valence-corrected chi connectivity index (χ1v) is 5.92. The van der Waals surface area contributed by atoms with Crippen molar-refractivity contribution < 1.29 is 22.7 Å². The standard InChI is InChI=1S/C14H11F3N2O2/c1-8-5-10(7-20)18-19-13(8)11-4-3-9(14(15,16)17)6-12(11)21-2/h3-7H,1-2H3. The third-order valence-corrected chi connectivity index (χ3v) is 2.91. The predicted molar refractivity (Wildman–Crippen MR) is 69.1 cm³/mol. The molecule has 0 aliphatic carbocycles. The van der Waals surface area contributed by atoms with Gasteiger partial charge in [0.15, 0.2) is 6.29 Å². The van der Waals surface area contributed by atoms with Crippen LogP contribution in [-0.4, -0.2) is 23.6 Å². The fourth-order valence-corrected chi connectivity index (χ4v) is 1.89. The van der Waals surface area contributed by atoms with Crippen molar-refractivity contribution in [2.24, 2.45) is 0 Å². The number of hydrogen-bond donors (Lipinski definition) is 0. The van der Waals surface area contributed by atoms with Crippen LogP contribution in [-0.2, 0) is 6.18 Å². The van der Waals surface area contributed by atoms with Crippen LogP contribution in [0.5, 0.6) is 5.75 Å². The van der Waals surface area contributed by atoms with E-state index >= 15 is 0 Å². The normalized spacial score (nSPS) is 11.3. The lowest BCUT2D eigenvalue weighted by molar-refractivity contribution is -0.137. The second kappa shape index (κ2) is 5.51. The first-order chi connectivity index (χ1) is 9.86. The summed E-state index contributed by atoms with van der Waals surface area (Å²) in [7, 11) is 1.28. The molecule has 0 aliphatic rings. The van der Waals surface area contributed by atoms with Crippen molar-refractivity contribution in [2.45, 2.75) is 13.1 Å². The Morgan fingerprint density at radius 3 is 2.43 bits per heavy atom. The molecule has 0 amide bonds. The SMILES string of the molecule is COc1cc(C(F)(F)F)ccc1-c1nnc(C=O)cc1C. The van der Waals surface area contributed by atoms with Crippen LogP contribution in [0.2, 0.25) is 0 Å². The van der Waals surface area contributed by atoms with Crippen LogP contribution in [0.15, 0.2) is 24.3 Å². The quantitative estimate of drug-likeness (QED) is 0.816. The summed E-state index contributed by atoms with van der Waals surface area (Å²) in [5.41, 5.74) is 0.713. The van der Waals surface area contributed by atoms with E-state index in [0.29, 0.717) is 23.1 Å². The predicted octanol–water partition coefficient (Wildman–Crippen LogP) is 3.29. The number of carbonyl (C=O) groups is 1. The smallest absolute Gasteiger partial charge is 0.416 e. The highest BCUT2D eigenvalue weighted by molar-refractivity contribution is 5.75. The Morgan fingerprint density at radius 1 is 1.19 bits per heavy atom. The number of carbonyl (C=O) groups excluding carboxylic acids is 1. The van der Waals surface area contributed by atoms with Crippen LogP contribution in [0.3, 0.4) is 0 Å². The zero-order chi connectivity index (χ0) is 15.6. The van der Waals surface area contributed by atoms with E-state index in [1.165, 1.54) is 19.2 Å². The van der Waals surface area contributed by atoms with Crippen LogP contribution < -0.4 is 4.74 Å². The molecule has 0 atom stereocenters. The summed E-state index contributed by atoms with van der Waals surface area (Å²) in [6, 6.07) is 4.64. The Hall–Kier alpha value is -2.44. The number of hydrogen-bond acceptors (Lipinski definition) is 4. The minimum absolute atomic E-state index is 0.0427. The Balaban J connectivity index is 2.56. The van der Waals surface area contributed by atoms with Crippen LogP contribution >= 0.6 is 0 Å². The van der Waals surface area contributed by atoms with E-state index < -0.39 is 11.7 Å². The van der Waals surface area contributed by atoms with E-state index in [4.69, 9.17) is 4.74 Å². The van der Waals surface area contributed by atoms with E-state index in [9.17, 15) is 18.0 Å². The van der Waals surface area contributed by atoms with Crippen molar-refractivity contribution in [1.82, 2.24) is 10.2 Å². The molecule has 0 saturated heterocycles. The largest absolute Gasteiger partial charge is 0.496 e. The molecule has 110 valence electrons. The molecule has 0 bridgehead atoms. The van der Waals surface area contributed by atoms with Gasteiger partial charge in [-0.25, -0.2) is 0 Å². The summed E-state index contributed by atoms with van der Waals surface area (Å²) in [6.45, 7) is 1.69. The maximum atomic E-state index is 12.7. The number of methoxy groups -OCH3 is 1. The molecule has 1 aromatic carbocycles. The van der Waals surface area contributed by atoms with Gasteiger partial charge in [0.05, 0.1) is 18.4 Å². The Kier molecular flexibility index (Phi) is 3.93. The molecule has 2 aromatic rings. The molecule has 0 fully saturated rings. The molecule has 0 spiro atoms. The molecule has 1 aromatic heterocycles. The molecule has 0 N–H and O–H groups in total. The molecule has 1 heterocycles. The minimum atomic E-state index is -4.45. The van der Waals surface area contributed by atoms with Gasteiger partial charge in [0.25, 0.3) is 0 Å². The van der Waals surface area contributed by atoms with Gasteiger partial charge in [-0.2, -0.15) is 13.2 Å². The molecule has 7 heteroatoms. The van der Waals surface area contributed by atoms with Crippen LogP contribution in [0.4, 0.5) is 13.2 Å². The van der Waals surface area contributed by atoms with Crippen molar-refractivity contribution in [3.63, 3.8) is 0 Å². The van der Waals surface area contributed by atoms with Gasteiger partial charge in [0.2, 0.25) is 0 Å². The van der Waals surface area contributed by atoms with Crippen LogP contribution in [0.25, 0.3) is 11.3 Å². The van der Waals surface area contributed by atoms with Crippen molar-refractivity contribution in [1.29, 1.82) is 0 Å². The Labute approximate surface area is 118 Å². The molecular weight excluding hydrogens is 285 g/mol. The summed E-state index contributed by atoms with van der Waals surface area (Å²) in [6.07, 6.45) is -3.90. The number of aromatic nitrogens is 2. The number of halogens is 3. The van der Waals surface area contributed by atoms with Gasteiger partial charge < -0.3 is 4.74 Å². The van der Waals surface area contributed by atoms with Crippen LogP contribution in [0.1, 0.15) is 21.6 Å². The van der Waals surface area contributed by atoms with Gasteiger partial charge in [-0.1, -0.05) is 0 Å². The first kappa shape index (κ1) is 15.0. The molecule has 0 unspecified atom stereocenters. The minimum Gasteiger partial charge on any atom is -0.496 e. The summed E-state index contributed by atoms with van der Waals surface area (Å²) < 4.78 is 43.1. The number of ether oxygens (including phenoxy) is 1. The van der Waals surface area contributed by atoms with Crippen molar-refractivity contribution in [3.8, 4) is 17.0 Å². The third kappa shape index (κ3) is 3.01. The molecule has 0 saturated carbocycles. The summed E-state index contributed by atoms with van der Waals surface area (Å²) in [4.78, 5) is 10.6. The molecular formula is C14H11F3N2O2. The number of benzene rings is 1. The van der Waals surface area contributed by atoms with Crippen LogP contribution in [0, 0.1) is 6.92 Å². The summed E-state index contributed by atoms with van der Waals surface area (Å²) >= 11 is 0. The number of aryl methyl sites for hydroxylation is 1. The molecule has 2 rings (SSSR count). The average Bonchev–Trinajstić information content (AvgIpc) is 2.45. The number of nitrogens with zero attached hydrogens (tertiary/aromatic N) is 2. The van der Waals surface area contributed by atoms with Crippen molar-refractivity contribution in [2.75, 3.05) is 7.11 Å². The molecule has 0 radical (unpaired) electrons. The number of alkyl halides is 3. The number of aldehydes is 1. The Bertz CT molecular complexity index is 684. The molecule has 21 heavy (non-hydrogen) atoms. The molecule has 0 aliphatic heterocycles. The lowest BCUT2D eigenvalue weighted by Gasteiger charge is -2.13. The fourth-order valence-electron chi connectivity index (χ4n) is 1.89. The van der Waals surface area contributed by atoms with Gasteiger partial charge in [-0.3, -0.25) is 4.79 Å². The zero-order valence-corrected chi connectivity index (χ0v) is 11.2. The van der Waals surface area contributed by atoms with E-state index in [2.05, 4.69) is 10.2 Å². The monoisotopic (exact) mass is 296 g/mol. The maximum absolute atomic E-state index is 12.7. The highest BCUT2D eigenvalue weighted by atomic mass is 19.4. The van der Waals surface area contributed by atoms with E-state index in [1.807, 2.05) is 0 Å². The highest BCUT2D eigenvalue weighted by Crippen LogP contribution is 2.37. The van der Waals surface area contributed by atoms with Gasteiger partial charge in [0.1, 0.15) is 11.4 Å². The van der Waals surface area contributed by atoms with Gasteiger partial charge >= 0.3 is 6.18 Å². The second-order valence-electron chi connectivity index (χ2n) is 4.33. The third-order valence-electron chi connectivity index (χ3n) is 2.91. The van der Waals surface area contributed by atoms with Gasteiger partial charge in [-0.05, 0) is 36.8 Å². The van der Waals surface area contributed by atoms with Gasteiger partial charge in [0, 0.05) is 5.56 Å². The van der Waals surface area contributed by atoms with E-state index in [1.54, 1.807) is 6.92 Å². The van der Waals surface area contributed by atoms with Crippen molar-refractivity contribution in [3.05, 3.63) is 41.1 Å². The fraction of sp³-hybridized carbons (Fsp3) is 0.214. The average molecular weight is 296 g/mol. The number of rotatable bonds is 3. The molecule has 4 nitrogen and oxygen atoms in total. The topological polar surface area (TPSA) is 52.1 Å². The summed E-state index contributed by atoms with van der Waals surface area (Å²) in [5.74, 6) is 0.0427. The van der Waals surface area contributed by atoms with E-state index in [-0.39, 0.29) is 11.4 Å². The second-order valence-corrected chi connectivity index (χ2v) is 4.33. The first-order valence-electron chi connectivity index (χ1n) is 5.92. The van der Waals surface area contributed by atoms with Gasteiger partial charge in [-0.15, -0.1) is 10.2 Å². The lowest BCUT2D eigenvalue weighted by Crippen LogP contribution is -2.06.